The lowest BCUT2D eigenvalue weighted by molar-refractivity contribution is -0.139. The van der Waals surface area contributed by atoms with Gasteiger partial charge in [-0.25, -0.2) is 0 Å². The third kappa shape index (κ3) is 3.38. The highest BCUT2D eigenvalue weighted by Crippen LogP contribution is 2.24. The van der Waals surface area contributed by atoms with Crippen LogP contribution in [0.15, 0.2) is 22.8 Å². The van der Waals surface area contributed by atoms with E-state index in [2.05, 4.69) is 0 Å². The fourth-order valence-corrected chi connectivity index (χ4v) is 1.93. The Hall–Kier alpha value is -1.29. The molecule has 1 N–H and O–H groups in total. The summed E-state index contributed by atoms with van der Waals surface area (Å²) in [5.74, 6) is 0.0515. The lowest BCUT2D eigenvalue weighted by Gasteiger charge is -2.27. The van der Waals surface area contributed by atoms with E-state index >= 15 is 0 Å². The maximum Gasteiger partial charge on any atom is 0.317 e. The fourth-order valence-electron chi connectivity index (χ4n) is 1.93. The molecular weight excluding hydrogens is 206 g/mol. The molecule has 1 atom stereocenters. The Morgan fingerprint density at radius 2 is 2.31 bits per heavy atom. The Morgan fingerprint density at radius 3 is 2.75 bits per heavy atom. The van der Waals surface area contributed by atoms with Crippen LogP contribution < -0.4 is 0 Å². The van der Waals surface area contributed by atoms with Gasteiger partial charge in [0, 0.05) is 0 Å². The van der Waals surface area contributed by atoms with Crippen molar-refractivity contribution in [2.45, 2.75) is 32.7 Å². The van der Waals surface area contributed by atoms with Crippen molar-refractivity contribution in [3.8, 4) is 0 Å². The number of hydrogen-bond donors (Lipinski definition) is 1. The minimum atomic E-state index is -0.793. The van der Waals surface area contributed by atoms with Gasteiger partial charge >= 0.3 is 5.97 Å². The molecule has 90 valence electrons. The van der Waals surface area contributed by atoms with E-state index in [-0.39, 0.29) is 12.6 Å². The summed E-state index contributed by atoms with van der Waals surface area (Å²) >= 11 is 0. The molecule has 1 aromatic rings. The Kier molecular flexibility index (Phi) is 5.05. The molecule has 4 heteroatoms. The van der Waals surface area contributed by atoms with Crippen LogP contribution in [0.4, 0.5) is 0 Å². The minimum Gasteiger partial charge on any atom is -0.480 e. The SMILES string of the molecule is CCCN(CC(=O)O)C(CC)c1ccco1. The van der Waals surface area contributed by atoms with E-state index in [0.717, 1.165) is 25.1 Å². The Morgan fingerprint density at radius 1 is 1.56 bits per heavy atom. The normalized spacial score (nSPS) is 12.9. The molecule has 0 aromatic carbocycles. The Labute approximate surface area is 95.9 Å². The van der Waals surface area contributed by atoms with Gasteiger partial charge in [-0.15, -0.1) is 0 Å². The highest BCUT2D eigenvalue weighted by Gasteiger charge is 2.22. The molecule has 0 saturated carbocycles. The summed E-state index contributed by atoms with van der Waals surface area (Å²) in [7, 11) is 0. The molecule has 1 heterocycles. The monoisotopic (exact) mass is 225 g/mol. The van der Waals surface area contributed by atoms with Crippen LogP contribution in [0.25, 0.3) is 0 Å². The maximum absolute atomic E-state index is 10.8. The molecule has 16 heavy (non-hydrogen) atoms. The number of rotatable bonds is 7. The van der Waals surface area contributed by atoms with Gasteiger partial charge < -0.3 is 9.52 Å². The van der Waals surface area contributed by atoms with Crippen molar-refractivity contribution < 1.29 is 14.3 Å². The maximum atomic E-state index is 10.8. The molecule has 4 nitrogen and oxygen atoms in total. The third-order valence-corrected chi connectivity index (χ3v) is 2.55. The summed E-state index contributed by atoms with van der Waals surface area (Å²) < 4.78 is 5.36. The topological polar surface area (TPSA) is 53.7 Å². The number of aliphatic carboxylic acids is 1. The van der Waals surface area contributed by atoms with Crippen LogP contribution in [0.2, 0.25) is 0 Å². The summed E-state index contributed by atoms with van der Waals surface area (Å²) in [5, 5.41) is 8.88. The van der Waals surface area contributed by atoms with Gasteiger partial charge in [0.2, 0.25) is 0 Å². The molecule has 0 aliphatic heterocycles. The van der Waals surface area contributed by atoms with E-state index in [1.165, 1.54) is 0 Å². The van der Waals surface area contributed by atoms with Crippen LogP contribution in [0, 0.1) is 0 Å². The zero-order valence-corrected chi connectivity index (χ0v) is 9.85. The zero-order valence-electron chi connectivity index (χ0n) is 9.85. The second-order valence-electron chi connectivity index (χ2n) is 3.80. The Balaban J connectivity index is 2.76. The second kappa shape index (κ2) is 6.33. The van der Waals surface area contributed by atoms with Crippen molar-refractivity contribution in [2.24, 2.45) is 0 Å². The molecule has 0 fully saturated rings. The van der Waals surface area contributed by atoms with Gasteiger partial charge in [-0.2, -0.15) is 0 Å². The van der Waals surface area contributed by atoms with Gasteiger partial charge in [0.1, 0.15) is 5.76 Å². The Bertz CT molecular complexity index is 308. The zero-order chi connectivity index (χ0) is 12.0. The standard InChI is InChI=1S/C12H19NO3/c1-3-7-13(9-12(14)15)10(4-2)11-6-5-8-16-11/h5-6,8,10H,3-4,7,9H2,1-2H3,(H,14,15). The molecule has 0 bridgehead atoms. The average molecular weight is 225 g/mol. The molecule has 0 aliphatic carbocycles. The van der Waals surface area contributed by atoms with Gasteiger partial charge in [0.05, 0.1) is 18.8 Å². The molecule has 1 rings (SSSR count). The highest BCUT2D eigenvalue weighted by atomic mass is 16.4. The van der Waals surface area contributed by atoms with Gasteiger partial charge in [-0.05, 0) is 31.5 Å². The molecule has 0 amide bonds. The predicted molar refractivity (Wildman–Crippen MR) is 61.2 cm³/mol. The molecule has 0 radical (unpaired) electrons. The molecule has 0 aliphatic rings. The van der Waals surface area contributed by atoms with Crippen LogP contribution in [-0.4, -0.2) is 29.1 Å². The summed E-state index contributed by atoms with van der Waals surface area (Å²) in [6.07, 6.45) is 3.41. The van der Waals surface area contributed by atoms with Gasteiger partial charge in [-0.3, -0.25) is 9.69 Å². The van der Waals surface area contributed by atoms with Crippen molar-refractivity contribution in [3.63, 3.8) is 0 Å². The summed E-state index contributed by atoms with van der Waals surface area (Å²) in [5.41, 5.74) is 0. The van der Waals surface area contributed by atoms with Gasteiger partial charge in [0.25, 0.3) is 0 Å². The number of furan rings is 1. The average Bonchev–Trinajstić information content (AvgIpc) is 2.71. The van der Waals surface area contributed by atoms with Crippen molar-refractivity contribution >= 4 is 5.97 Å². The van der Waals surface area contributed by atoms with Crippen LogP contribution in [0.3, 0.4) is 0 Å². The first-order valence-electron chi connectivity index (χ1n) is 5.68. The number of carbonyl (C=O) groups is 1. The first-order valence-corrected chi connectivity index (χ1v) is 5.68. The number of carboxylic acids is 1. The molecule has 0 saturated heterocycles. The first kappa shape index (κ1) is 12.8. The fraction of sp³-hybridized carbons (Fsp3) is 0.583. The quantitative estimate of drug-likeness (QED) is 0.774. The molecule has 1 aromatic heterocycles. The van der Waals surface area contributed by atoms with E-state index in [1.807, 2.05) is 30.9 Å². The number of carboxylic acid groups (broad SMARTS) is 1. The van der Waals surface area contributed by atoms with Crippen LogP contribution in [0.5, 0.6) is 0 Å². The van der Waals surface area contributed by atoms with Crippen molar-refractivity contribution in [2.75, 3.05) is 13.1 Å². The van der Waals surface area contributed by atoms with Gasteiger partial charge in [0.15, 0.2) is 0 Å². The number of hydrogen-bond acceptors (Lipinski definition) is 3. The summed E-state index contributed by atoms with van der Waals surface area (Å²) in [6, 6.07) is 3.80. The summed E-state index contributed by atoms with van der Waals surface area (Å²) in [4.78, 5) is 12.7. The highest BCUT2D eigenvalue weighted by molar-refractivity contribution is 5.69. The first-order chi connectivity index (χ1) is 7.69. The molecule has 0 spiro atoms. The van der Waals surface area contributed by atoms with E-state index in [0.29, 0.717) is 0 Å². The van der Waals surface area contributed by atoms with E-state index in [4.69, 9.17) is 9.52 Å². The van der Waals surface area contributed by atoms with Crippen molar-refractivity contribution in [3.05, 3.63) is 24.2 Å². The lowest BCUT2D eigenvalue weighted by Crippen LogP contribution is -2.34. The smallest absolute Gasteiger partial charge is 0.317 e. The lowest BCUT2D eigenvalue weighted by atomic mass is 10.1. The van der Waals surface area contributed by atoms with Crippen molar-refractivity contribution in [1.82, 2.24) is 4.90 Å². The minimum absolute atomic E-state index is 0.0612. The predicted octanol–water partition coefficient (Wildman–Crippen LogP) is 2.53. The molecular formula is C12H19NO3. The van der Waals surface area contributed by atoms with Crippen LogP contribution in [0.1, 0.15) is 38.5 Å². The summed E-state index contributed by atoms with van der Waals surface area (Å²) in [6.45, 7) is 4.92. The van der Waals surface area contributed by atoms with Gasteiger partial charge in [-0.1, -0.05) is 13.8 Å². The largest absolute Gasteiger partial charge is 0.480 e. The number of nitrogens with zero attached hydrogens (tertiary/aromatic N) is 1. The van der Waals surface area contributed by atoms with E-state index in [9.17, 15) is 4.79 Å². The van der Waals surface area contributed by atoms with Crippen LogP contribution in [-0.2, 0) is 4.79 Å². The van der Waals surface area contributed by atoms with E-state index in [1.54, 1.807) is 6.26 Å². The molecule has 1 unspecified atom stereocenters. The van der Waals surface area contributed by atoms with Crippen molar-refractivity contribution in [1.29, 1.82) is 0 Å². The van der Waals surface area contributed by atoms with E-state index < -0.39 is 5.97 Å². The second-order valence-corrected chi connectivity index (χ2v) is 3.80. The third-order valence-electron chi connectivity index (χ3n) is 2.55. The van der Waals surface area contributed by atoms with Crippen LogP contribution >= 0.6 is 0 Å².